The van der Waals surface area contributed by atoms with Crippen LogP contribution in [0, 0.1) is 12.8 Å². The van der Waals surface area contributed by atoms with E-state index in [4.69, 9.17) is 10.7 Å². The summed E-state index contributed by atoms with van der Waals surface area (Å²) in [6.07, 6.45) is 3.81. The van der Waals surface area contributed by atoms with Crippen molar-refractivity contribution in [3.8, 4) is 0 Å². The van der Waals surface area contributed by atoms with Gasteiger partial charge >= 0.3 is 0 Å². The smallest absolute Gasteiger partial charge is 0.271 e. The zero-order valence-electron chi connectivity index (χ0n) is 18.0. The number of aryl methyl sites for hydroxylation is 1. The van der Waals surface area contributed by atoms with Gasteiger partial charge in [-0.15, -0.1) is 0 Å². The summed E-state index contributed by atoms with van der Waals surface area (Å²) in [6, 6.07) is 12.0. The Morgan fingerprint density at radius 2 is 2.16 bits per heavy atom. The lowest BCUT2D eigenvalue weighted by molar-refractivity contribution is 0.0996. The molecular formula is C23H27N7OS. The fraction of sp³-hybridized carbons (Fsp3) is 0.304. The van der Waals surface area contributed by atoms with Crippen LogP contribution >= 0.6 is 11.5 Å². The second kappa shape index (κ2) is 9.78. The Hall–Kier alpha value is -3.46. The first-order valence-corrected chi connectivity index (χ1v) is 11.4. The molecule has 4 rings (SSSR count). The lowest BCUT2D eigenvalue weighted by atomic mass is 9.97. The SMILES string of the molecule is C=C(NCC1CCCN(c2cnc(C(N)=O)c(Nc3cc(C)ns3)n2)C1)c1ccccc1. The Morgan fingerprint density at radius 3 is 2.88 bits per heavy atom. The van der Waals surface area contributed by atoms with Crippen molar-refractivity contribution in [2.75, 3.05) is 29.9 Å². The van der Waals surface area contributed by atoms with Crippen LogP contribution in [0.5, 0.6) is 0 Å². The van der Waals surface area contributed by atoms with Crippen molar-refractivity contribution in [3.63, 3.8) is 0 Å². The van der Waals surface area contributed by atoms with Crippen LogP contribution in [-0.4, -0.2) is 39.9 Å². The summed E-state index contributed by atoms with van der Waals surface area (Å²) in [6.45, 7) is 8.64. The lowest BCUT2D eigenvalue weighted by Crippen LogP contribution is -2.40. The number of carbonyl (C=O) groups is 1. The summed E-state index contributed by atoms with van der Waals surface area (Å²) in [5.74, 6) is 0.914. The molecule has 0 saturated carbocycles. The maximum atomic E-state index is 11.9. The van der Waals surface area contributed by atoms with E-state index < -0.39 is 5.91 Å². The topological polar surface area (TPSA) is 109 Å². The number of carbonyl (C=O) groups excluding carboxylic acids is 1. The van der Waals surface area contributed by atoms with Gasteiger partial charge in [-0.3, -0.25) is 4.79 Å². The number of benzene rings is 1. The fourth-order valence-corrected chi connectivity index (χ4v) is 4.45. The van der Waals surface area contributed by atoms with E-state index in [9.17, 15) is 4.79 Å². The van der Waals surface area contributed by atoms with Crippen molar-refractivity contribution in [1.29, 1.82) is 0 Å². The number of piperidine rings is 1. The molecule has 1 unspecified atom stereocenters. The van der Waals surface area contributed by atoms with Crippen molar-refractivity contribution in [2.24, 2.45) is 11.7 Å². The van der Waals surface area contributed by atoms with Gasteiger partial charge in [0.25, 0.3) is 5.91 Å². The Labute approximate surface area is 191 Å². The van der Waals surface area contributed by atoms with Gasteiger partial charge in [0, 0.05) is 25.3 Å². The molecule has 32 heavy (non-hydrogen) atoms. The molecule has 1 aromatic carbocycles. The molecule has 0 radical (unpaired) electrons. The Balaban J connectivity index is 1.44. The third-order valence-electron chi connectivity index (χ3n) is 5.43. The molecule has 166 valence electrons. The van der Waals surface area contributed by atoms with E-state index in [0.717, 1.165) is 60.2 Å². The summed E-state index contributed by atoms with van der Waals surface area (Å²) in [4.78, 5) is 23.1. The number of nitrogens with two attached hydrogens (primary N) is 1. The fourth-order valence-electron chi connectivity index (χ4n) is 3.79. The summed E-state index contributed by atoms with van der Waals surface area (Å²) >= 11 is 1.30. The van der Waals surface area contributed by atoms with E-state index in [1.54, 1.807) is 6.20 Å². The highest BCUT2D eigenvalue weighted by Crippen LogP contribution is 2.26. The Morgan fingerprint density at radius 1 is 1.34 bits per heavy atom. The summed E-state index contributed by atoms with van der Waals surface area (Å²) in [5.41, 5.74) is 8.56. The Kier molecular flexibility index (Phi) is 6.65. The van der Waals surface area contributed by atoms with Crippen molar-refractivity contribution in [3.05, 3.63) is 66.1 Å². The van der Waals surface area contributed by atoms with Crippen LogP contribution in [0.15, 0.2) is 49.2 Å². The predicted molar refractivity (Wildman–Crippen MR) is 129 cm³/mol. The minimum Gasteiger partial charge on any atom is -0.385 e. The maximum absolute atomic E-state index is 11.9. The molecule has 0 spiro atoms. The zero-order valence-corrected chi connectivity index (χ0v) is 18.9. The maximum Gasteiger partial charge on any atom is 0.271 e. The van der Waals surface area contributed by atoms with Crippen LogP contribution in [0.25, 0.3) is 5.70 Å². The van der Waals surface area contributed by atoms with Gasteiger partial charge in [-0.2, -0.15) is 4.37 Å². The lowest BCUT2D eigenvalue weighted by Gasteiger charge is -2.34. The number of primary amides is 1. The first-order valence-electron chi connectivity index (χ1n) is 10.6. The van der Waals surface area contributed by atoms with Gasteiger partial charge in [-0.25, -0.2) is 9.97 Å². The van der Waals surface area contributed by atoms with E-state index >= 15 is 0 Å². The van der Waals surface area contributed by atoms with Gasteiger partial charge in [0.05, 0.1) is 11.9 Å². The minimum atomic E-state index is -0.618. The van der Waals surface area contributed by atoms with Crippen molar-refractivity contribution < 1.29 is 4.79 Å². The van der Waals surface area contributed by atoms with Gasteiger partial charge in [0.15, 0.2) is 11.5 Å². The van der Waals surface area contributed by atoms with Gasteiger partial charge in [-0.1, -0.05) is 36.9 Å². The number of nitrogens with zero attached hydrogens (tertiary/aromatic N) is 4. The molecule has 1 aliphatic rings. The van der Waals surface area contributed by atoms with Crippen LogP contribution in [-0.2, 0) is 0 Å². The van der Waals surface area contributed by atoms with Crippen molar-refractivity contribution >= 4 is 39.8 Å². The second-order valence-corrected chi connectivity index (χ2v) is 8.73. The van der Waals surface area contributed by atoms with Crippen LogP contribution in [0.4, 0.5) is 16.6 Å². The average Bonchev–Trinajstić information content (AvgIpc) is 3.22. The number of anilines is 3. The highest BCUT2D eigenvalue weighted by atomic mass is 32.1. The molecule has 4 N–H and O–H groups in total. The van der Waals surface area contributed by atoms with Crippen LogP contribution in [0.1, 0.15) is 34.6 Å². The third kappa shape index (κ3) is 5.23. The predicted octanol–water partition coefficient (Wildman–Crippen LogP) is 3.56. The van der Waals surface area contributed by atoms with Crippen molar-refractivity contribution in [2.45, 2.75) is 19.8 Å². The molecule has 2 aromatic heterocycles. The molecule has 8 nitrogen and oxygen atoms in total. The molecule has 3 heterocycles. The molecule has 1 saturated heterocycles. The first kappa shape index (κ1) is 21.8. The number of nitrogens with one attached hydrogen (secondary N) is 2. The largest absolute Gasteiger partial charge is 0.385 e. The molecule has 1 fully saturated rings. The summed E-state index contributed by atoms with van der Waals surface area (Å²) in [5, 5.41) is 7.42. The molecule has 1 atom stereocenters. The average molecular weight is 450 g/mol. The normalized spacial score (nSPS) is 15.9. The van der Waals surface area contributed by atoms with E-state index in [1.165, 1.54) is 11.5 Å². The number of aromatic nitrogens is 3. The van der Waals surface area contributed by atoms with E-state index in [-0.39, 0.29) is 5.69 Å². The molecule has 1 aliphatic heterocycles. The zero-order chi connectivity index (χ0) is 22.5. The van der Waals surface area contributed by atoms with E-state index in [0.29, 0.717) is 11.7 Å². The highest BCUT2D eigenvalue weighted by Gasteiger charge is 2.23. The Bertz CT molecular complexity index is 1100. The third-order valence-corrected chi connectivity index (χ3v) is 6.23. The molecule has 0 aliphatic carbocycles. The molecule has 0 bridgehead atoms. The molecular weight excluding hydrogens is 422 g/mol. The van der Waals surface area contributed by atoms with E-state index in [2.05, 4.69) is 43.6 Å². The van der Waals surface area contributed by atoms with Crippen LogP contribution in [0.2, 0.25) is 0 Å². The molecule has 3 aromatic rings. The monoisotopic (exact) mass is 449 g/mol. The van der Waals surface area contributed by atoms with Crippen LogP contribution in [0.3, 0.4) is 0 Å². The number of rotatable bonds is 8. The first-order chi connectivity index (χ1) is 15.5. The van der Waals surface area contributed by atoms with E-state index in [1.807, 2.05) is 31.2 Å². The number of amides is 1. The molecule has 1 amide bonds. The van der Waals surface area contributed by atoms with Crippen molar-refractivity contribution in [1.82, 2.24) is 19.7 Å². The van der Waals surface area contributed by atoms with Gasteiger partial charge in [0.1, 0.15) is 10.8 Å². The van der Waals surface area contributed by atoms with Crippen LogP contribution < -0.4 is 21.3 Å². The quantitative estimate of drug-likeness (QED) is 0.482. The minimum absolute atomic E-state index is 0.120. The number of hydrogen-bond donors (Lipinski definition) is 3. The number of hydrogen-bond acceptors (Lipinski definition) is 8. The van der Waals surface area contributed by atoms with Gasteiger partial charge in [-0.05, 0) is 48.8 Å². The molecule has 9 heteroatoms. The second-order valence-electron chi connectivity index (χ2n) is 7.93. The standard InChI is InChI=1S/C23H27N7OS/c1-15-11-20(32-29-15)28-23-21(22(24)31)26-13-19(27-23)30-10-6-7-17(14-30)12-25-16(2)18-8-4-3-5-9-18/h3-5,8-9,11,13,17,25H,2,6-7,10,12,14H2,1H3,(H2,24,31)(H,27,28). The summed E-state index contributed by atoms with van der Waals surface area (Å²) < 4.78 is 4.26. The van der Waals surface area contributed by atoms with Gasteiger partial charge < -0.3 is 21.3 Å². The highest BCUT2D eigenvalue weighted by molar-refractivity contribution is 7.10. The summed E-state index contributed by atoms with van der Waals surface area (Å²) in [7, 11) is 0. The van der Waals surface area contributed by atoms with Gasteiger partial charge in [0.2, 0.25) is 0 Å².